The topological polar surface area (TPSA) is 32.5 Å². The number of piperazine rings is 1. The molecular weight excluding hydrogens is 253 g/mol. The molecule has 0 aliphatic carbocycles. The Morgan fingerprint density at radius 2 is 1.75 bits per heavy atom. The van der Waals surface area contributed by atoms with Gasteiger partial charge in [0.15, 0.2) is 0 Å². The van der Waals surface area contributed by atoms with Crippen LogP contribution >= 0.6 is 0 Å². The molecule has 3 nitrogen and oxygen atoms in total. The molecular formula is C16H26FN3. The number of anilines is 1. The summed E-state index contributed by atoms with van der Waals surface area (Å²) in [5, 5.41) is 0. The van der Waals surface area contributed by atoms with Crippen molar-refractivity contribution in [2.75, 3.05) is 37.6 Å². The molecule has 1 aliphatic rings. The zero-order valence-electron chi connectivity index (χ0n) is 12.6. The quantitative estimate of drug-likeness (QED) is 0.898. The number of halogens is 1. The van der Waals surface area contributed by atoms with Gasteiger partial charge in [0.05, 0.1) is 0 Å². The largest absolute Gasteiger partial charge is 0.369 e. The molecule has 0 radical (unpaired) electrons. The molecule has 1 aromatic carbocycles. The van der Waals surface area contributed by atoms with Crippen LogP contribution in [-0.4, -0.2) is 43.2 Å². The highest BCUT2D eigenvalue weighted by molar-refractivity contribution is 5.46. The third kappa shape index (κ3) is 3.30. The highest BCUT2D eigenvalue weighted by Gasteiger charge is 2.32. The zero-order chi connectivity index (χ0) is 14.6. The normalized spacial score (nSPS) is 19.9. The fourth-order valence-corrected chi connectivity index (χ4v) is 3.08. The van der Waals surface area contributed by atoms with Crippen LogP contribution in [0.25, 0.3) is 0 Å². The number of nitrogens with zero attached hydrogens (tertiary/aromatic N) is 2. The lowest BCUT2D eigenvalue weighted by molar-refractivity contribution is 0.0935. The maximum Gasteiger partial charge on any atom is 0.123 e. The van der Waals surface area contributed by atoms with Gasteiger partial charge in [-0.1, -0.05) is 13.3 Å². The van der Waals surface area contributed by atoms with Gasteiger partial charge in [-0.25, -0.2) is 4.39 Å². The monoisotopic (exact) mass is 279 g/mol. The summed E-state index contributed by atoms with van der Waals surface area (Å²) in [6.07, 6.45) is 2.30. The molecule has 0 bridgehead atoms. The Morgan fingerprint density at radius 1 is 1.15 bits per heavy atom. The van der Waals surface area contributed by atoms with E-state index in [1.807, 2.05) is 12.1 Å². The van der Waals surface area contributed by atoms with Gasteiger partial charge < -0.3 is 10.6 Å². The van der Waals surface area contributed by atoms with Gasteiger partial charge in [-0.15, -0.1) is 0 Å². The van der Waals surface area contributed by atoms with Crippen LogP contribution in [0.3, 0.4) is 0 Å². The summed E-state index contributed by atoms with van der Waals surface area (Å²) in [6.45, 7) is 9.18. The maximum atomic E-state index is 13.0. The van der Waals surface area contributed by atoms with Crippen LogP contribution in [0.5, 0.6) is 0 Å². The van der Waals surface area contributed by atoms with Crippen molar-refractivity contribution in [3.63, 3.8) is 0 Å². The average molecular weight is 279 g/mol. The Labute approximate surface area is 121 Å². The molecule has 20 heavy (non-hydrogen) atoms. The Morgan fingerprint density at radius 3 is 2.25 bits per heavy atom. The van der Waals surface area contributed by atoms with Crippen molar-refractivity contribution in [2.24, 2.45) is 5.73 Å². The number of hydrogen-bond donors (Lipinski definition) is 1. The Bertz CT molecular complexity index is 412. The van der Waals surface area contributed by atoms with Gasteiger partial charge in [0.1, 0.15) is 5.82 Å². The van der Waals surface area contributed by atoms with Crippen molar-refractivity contribution in [2.45, 2.75) is 32.2 Å². The van der Waals surface area contributed by atoms with E-state index < -0.39 is 0 Å². The summed E-state index contributed by atoms with van der Waals surface area (Å²) in [5.74, 6) is -0.175. The predicted molar refractivity (Wildman–Crippen MR) is 82.6 cm³/mol. The average Bonchev–Trinajstić information content (AvgIpc) is 2.48. The van der Waals surface area contributed by atoms with E-state index in [0.29, 0.717) is 6.54 Å². The van der Waals surface area contributed by atoms with Crippen LogP contribution in [-0.2, 0) is 0 Å². The first-order valence-electron chi connectivity index (χ1n) is 7.54. The van der Waals surface area contributed by atoms with Crippen molar-refractivity contribution < 1.29 is 4.39 Å². The van der Waals surface area contributed by atoms with E-state index in [9.17, 15) is 4.39 Å². The van der Waals surface area contributed by atoms with E-state index in [0.717, 1.165) is 44.7 Å². The van der Waals surface area contributed by atoms with E-state index >= 15 is 0 Å². The van der Waals surface area contributed by atoms with E-state index in [1.165, 1.54) is 12.1 Å². The highest BCUT2D eigenvalue weighted by atomic mass is 19.1. The Kier molecular flexibility index (Phi) is 5.00. The Hall–Kier alpha value is -1.13. The van der Waals surface area contributed by atoms with E-state index in [4.69, 9.17) is 5.73 Å². The molecule has 1 aliphatic heterocycles. The molecule has 2 rings (SSSR count). The summed E-state index contributed by atoms with van der Waals surface area (Å²) in [6, 6.07) is 6.78. The maximum absolute atomic E-state index is 13.0. The third-order valence-corrected chi connectivity index (χ3v) is 4.46. The molecule has 1 unspecified atom stereocenters. The van der Waals surface area contributed by atoms with Crippen molar-refractivity contribution in [1.82, 2.24) is 4.90 Å². The molecule has 112 valence electrons. The minimum absolute atomic E-state index is 0.115. The van der Waals surface area contributed by atoms with Crippen LogP contribution in [0.1, 0.15) is 26.7 Å². The fourth-order valence-electron chi connectivity index (χ4n) is 3.08. The first-order chi connectivity index (χ1) is 9.59. The predicted octanol–water partition coefficient (Wildman–Crippen LogP) is 2.47. The van der Waals surface area contributed by atoms with Crippen LogP contribution in [0.15, 0.2) is 24.3 Å². The molecule has 1 atom stereocenters. The lowest BCUT2D eigenvalue weighted by atomic mass is 9.93. The first-order valence-corrected chi connectivity index (χ1v) is 7.54. The zero-order valence-corrected chi connectivity index (χ0v) is 12.6. The van der Waals surface area contributed by atoms with Crippen LogP contribution < -0.4 is 10.6 Å². The molecule has 0 amide bonds. The second-order valence-electron chi connectivity index (χ2n) is 5.90. The van der Waals surface area contributed by atoms with Crippen LogP contribution in [0.2, 0.25) is 0 Å². The number of nitrogens with two attached hydrogens (primary N) is 1. The molecule has 1 fully saturated rings. The van der Waals surface area contributed by atoms with Gasteiger partial charge in [-0.05, 0) is 37.6 Å². The van der Waals surface area contributed by atoms with Gasteiger partial charge in [-0.2, -0.15) is 0 Å². The number of rotatable bonds is 5. The van der Waals surface area contributed by atoms with Gasteiger partial charge in [0.2, 0.25) is 0 Å². The minimum Gasteiger partial charge on any atom is -0.369 e. The number of benzene rings is 1. The molecule has 1 aromatic rings. The summed E-state index contributed by atoms with van der Waals surface area (Å²) >= 11 is 0. The Balaban J connectivity index is 1.96. The summed E-state index contributed by atoms with van der Waals surface area (Å²) < 4.78 is 13.0. The summed E-state index contributed by atoms with van der Waals surface area (Å²) in [4.78, 5) is 4.83. The van der Waals surface area contributed by atoms with Crippen molar-refractivity contribution in [3.05, 3.63) is 30.1 Å². The lowest BCUT2D eigenvalue weighted by Gasteiger charge is -2.46. The van der Waals surface area contributed by atoms with Crippen LogP contribution in [0, 0.1) is 5.82 Å². The molecule has 0 aromatic heterocycles. The molecule has 4 heteroatoms. The second-order valence-corrected chi connectivity index (χ2v) is 5.90. The molecule has 0 saturated carbocycles. The lowest BCUT2D eigenvalue weighted by Crippen LogP contribution is -2.58. The first kappa shape index (κ1) is 15.3. The SMILES string of the molecule is CCCC(C)(CN)N1CCN(c2ccc(F)cc2)CC1. The van der Waals surface area contributed by atoms with Gasteiger partial charge >= 0.3 is 0 Å². The van der Waals surface area contributed by atoms with Crippen molar-refractivity contribution in [1.29, 1.82) is 0 Å². The highest BCUT2D eigenvalue weighted by Crippen LogP contribution is 2.24. The smallest absolute Gasteiger partial charge is 0.123 e. The fraction of sp³-hybridized carbons (Fsp3) is 0.625. The third-order valence-electron chi connectivity index (χ3n) is 4.46. The van der Waals surface area contributed by atoms with Crippen molar-refractivity contribution in [3.8, 4) is 0 Å². The van der Waals surface area contributed by atoms with E-state index in [-0.39, 0.29) is 11.4 Å². The standard InChI is InChI=1S/C16H26FN3/c1-3-8-16(2,13-18)20-11-9-19(10-12-20)15-6-4-14(17)5-7-15/h4-7H,3,8-13,18H2,1-2H3. The second kappa shape index (κ2) is 6.55. The van der Waals surface area contributed by atoms with Gasteiger partial charge in [-0.3, -0.25) is 4.90 Å². The molecule has 1 saturated heterocycles. The molecule has 2 N–H and O–H groups in total. The van der Waals surface area contributed by atoms with E-state index in [2.05, 4.69) is 23.6 Å². The minimum atomic E-state index is -0.175. The molecule has 1 heterocycles. The van der Waals surface area contributed by atoms with Gasteiger partial charge in [0, 0.05) is 44.0 Å². The summed E-state index contributed by atoms with van der Waals surface area (Å²) in [5.41, 5.74) is 7.21. The van der Waals surface area contributed by atoms with E-state index in [1.54, 1.807) is 0 Å². The summed E-state index contributed by atoms with van der Waals surface area (Å²) in [7, 11) is 0. The van der Waals surface area contributed by atoms with Crippen molar-refractivity contribution >= 4 is 5.69 Å². The van der Waals surface area contributed by atoms with Gasteiger partial charge in [0.25, 0.3) is 0 Å². The number of hydrogen-bond acceptors (Lipinski definition) is 3. The van der Waals surface area contributed by atoms with Crippen LogP contribution in [0.4, 0.5) is 10.1 Å². The molecule has 0 spiro atoms.